The predicted molar refractivity (Wildman–Crippen MR) is 91.5 cm³/mol. The normalized spacial score (nSPS) is 18.2. The number of hydrogen-bond acceptors (Lipinski definition) is 6. The molecule has 1 N–H and O–H groups in total. The first-order chi connectivity index (χ1) is 11.6. The Morgan fingerprint density at radius 1 is 1.04 bits per heavy atom. The van der Waals surface area contributed by atoms with Gasteiger partial charge in [-0.05, 0) is 5.56 Å². The molecule has 1 aromatic heterocycles. The van der Waals surface area contributed by atoms with Crippen molar-refractivity contribution in [2.24, 2.45) is 0 Å². The smallest absolute Gasteiger partial charge is 0.230 e. The summed E-state index contributed by atoms with van der Waals surface area (Å²) in [5.41, 5.74) is 0.979. The van der Waals surface area contributed by atoms with Crippen LogP contribution in [0.3, 0.4) is 0 Å². The second kappa shape index (κ2) is 7.88. The fraction of sp³-hybridized carbons (Fsp3) is 0.556. The van der Waals surface area contributed by atoms with E-state index in [-0.39, 0.29) is 5.92 Å². The van der Waals surface area contributed by atoms with Crippen LogP contribution in [0.15, 0.2) is 34.7 Å². The number of rotatable bonds is 6. The Labute approximate surface area is 143 Å². The number of nitrogens with zero attached hydrogens (tertiary/aromatic N) is 4. The molecule has 2 aromatic rings. The van der Waals surface area contributed by atoms with E-state index in [0.717, 1.165) is 31.7 Å². The molecule has 0 spiro atoms. The molecule has 1 saturated heterocycles. The quantitative estimate of drug-likeness (QED) is 0.874. The fourth-order valence-electron chi connectivity index (χ4n) is 2.91. The lowest BCUT2D eigenvalue weighted by Gasteiger charge is -2.35. The highest BCUT2D eigenvalue weighted by Crippen LogP contribution is 2.17. The Hall–Kier alpha value is -1.76. The molecule has 1 atom stereocenters. The Balaban J connectivity index is 1.45. The molecule has 1 aromatic carbocycles. The molecule has 1 aliphatic rings. The average molecular weight is 330 g/mol. The van der Waals surface area contributed by atoms with Crippen LogP contribution in [0.5, 0.6) is 0 Å². The number of aliphatic hydroxyl groups excluding tert-OH is 1. The van der Waals surface area contributed by atoms with Crippen LogP contribution in [0, 0.1) is 0 Å². The van der Waals surface area contributed by atoms with Gasteiger partial charge in [-0.15, -0.1) is 10.2 Å². The second-order valence-corrected chi connectivity index (χ2v) is 6.69. The summed E-state index contributed by atoms with van der Waals surface area (Å²) in [7, 11) is 0. The van der Waals surface area contributed by atoms with Crippen LogP contribution in [0.1, 0.15) is 43.2 Å². The van der Waals surface area contributed by atoms with Gasteiger partial charge >= 0.3 is 0 Å². The van der Waals surface area contributed by atoms with E-state index in [2.05, 4.69) is 20.0 Å². The molecule has 130 valence electrons. The van der Waals surface area contributed by atoms with Gasteiger partial charge in [-0.2, -0.15) is 0 Å². The van der Waals surface area contributed by atoms with E-state index >= 15 is 0 Å². The lowest BCUT2D eigenvalue weighted by Crippen LogP contribution is -2.47. The van der Waals surface area contributed by atoms with Crippen LogP contribution < -0.4 is 0 Å². The lowest BCUT2D eigenvalue weighted by molar-refractivity contribution is 0.0670. The maximum atomic E-state index is 10.3. The van der Waals surface area contributed by atoms with Crippen molar-refractivity contribution >= 4 is 0 Å². The van der Waals surface area contributed by atoms with E-state index in [1.165, 1.54) is 0 Å². The molecule has 24 heavy (non-hydrogen) atoms. The van der Waals surface area contributed by atoms with Crippen molar-refractivity contribution in [3.63, 3.8) is 0 Å². The van der Waals surface area contributed by atoms with Crippen molar-refractivity contribution in [2.75, 3.05) is 32.7 Å². The minimum atomic E-state index is -0.428. The first-order valence-corrected chi connectivity index (χ1v) is 8.62. The first-order valence-electron chi connectivity index (χ1n) is 8.62. The summed E-state index contributed by atoms with van der Waals surface area (Å²) in [6, 6.07) is 9.85. The fourth-order valence-corrected chi connectivity index (χ4v) is 2.91. The van der Waals surface area contributed by atoms with Crippen molar-refractivity contribution < 1.29 is 9.52 Å². The van der Waals surface area contributed by atoms with Crippen LogP contribution in [0.2, 0.25) is 0 Å². The SMILES string of the molecule is CC(C)c1nnc(CN2CCN(CC(O)c3ccccc3)CC2)o1. The van der Waals surface area contributed by atoms with Gasteiger partial charge in [0.1, 0.15) is 0 Å². The standard InChI is InChI=1S/C18H26N4O2/c1-14(2)18-20-19-17(24-18)13-22-10-8-21(9-11-22)12-16(23)15-6-4-3-5-7-15/h3-7,14,16,23H,8-13H2,1-2H3. The molecule has 1 aliphatic heterocycles. The molecule has 0 radical (unpaired) electrons. The van der Waals surface area contributed by atoms with E-state index in [0.29, 0.717) is 24.9 Å². The molecule has 3 rings (SSSR count). The summed E-state index contributed by atoms with van der Waals surface area (Å²) < 4.78 is 5.68. The molecular formula is C18H26N4O2. The number of aromatic nitrogens is 2. The van der Waals surface area contributed by atoms with E-state index in [9.17, 15) is 5.11 Å². The van der Waals surface area contributed by atoms with Gasteiger partial charge in [0.05, 0.1) is 12.6 Å². The van der Waals surface area contributed by atoms with Gasteiger partial charge in [0.25, 0.3) is 0 Å². The number of hydrogen-bond donors (Lipinski definition) is 1. The number of aliphatic hydroxyl groups is 1. The van der Waals surface area contributed by atoms with Crippen molar-refractivity contribution in [1.82, 2.24) is 20.0 Å². The van der Waals surface area contributed by atoms with Crippen LogP contribution >= 0.6 is 0 Å². The monoisotopic (exact) mass is 330 g/mol. The topological polar surface area (TPSA) is 65.6 Å². The summed E-state index contributed by atoms with van der Waals surface area (Å²) >= 11 is 0. The predicted octanol–water partition coefficient (Wildman–Crippen LogP) is 2.04. The Morgan fingerprint density at radius 3 is 2.33 bits per heavy atom. The Morgan fingerprint density at radius 2 is 1.71 bits per heavy atom. The molecule has 0 amide bonds. The number of piperazine rings is 1. The van der Waals surface area contributed by atoms with Crippen molar-refractivity contribution in [1.29, 1.82) is 0 Å². The highest BCUT2D eigenvalue weighted by molar-refractivity contribution is 5.17. The summed E-state index contributed by atoms with van der Waals surface area (Å²) in [5.74, 6) is 1.66. The molecule has 2 heterocycles. The zero-order valence-electron chi connectivity index (χ0n) is 14.4. The van der Waals surface area contributed by atoms with Gasteiger partial charge in [-0.3, -0.25) is 9.80 Å². The third-order valence-corrected chi connectivity index (χ3v) is 4.42. The summed E-state index contributed by atoms with van der Waals surface area (Å²) in [4.78, 5) is 4.63. The Kier molecular flexibility index (Phi) is 5.60. The zero-order valence-corrected chi connectivity index (χ0v) is 14.4. The zero-order chi connectivity index (χ0) is 16.9. The van der Waals surface area contributed by atoms with Gasteiger partial charge < -0.3 is 9.52 Å². The minimum absolute atomic E-state index is 0.266. The summed E-state index contributed by atoms with van der Waals surface area (Å²) in [5, 5.41) is 18.5. The molecule has 6 heteroatoms. The van der Waals surface area contributed by atoms with Crippen LogP contribution in [0.4, 0.5) is 0 Å². The lowest BCUT2D eigenvalue weighted by atomic mass is 10.1. The summed E-state index contributed by atoms with van der Waals surface area (Å²) in [6.07, 6.45) is -0.428. The summed E-state index contributed by atoms with van der Waals surface area (Å²) in [6.45, 7) is 9.25. The number of benzene rings is 1. The highest BCUT2D eigenvalue weighted by Gasteiger charge is 2.21. The van der Waals surface area contributed by atoms with E-state index in [1.54, 1.807) is 0 Å². The van der Waals surface area contributed by atoms with E-state index < -0.39 is 6.10 Å². The van der Waals surface area contributed by atoms with Crippen molar-refractivity contribution in [3.05, 3.63) is 47.7 Å². The maximum absolute atomic E-state index is 10.3. The highest BCUT2D eigenvalue weighted by atomic mass is 16.4. The third kappa shape index (κ3) is 4.41. The van der Waals surface area contributed by atoms with Gasteiger partial charge in [0.2, 0.25) is 11.8 Å². The molecule has 0 bridgehead atoms. The average Bonchev–Trinajstić information content (AvgIpc) is 3.06. The molecule has 0 aliphatic carbocycles. The molecule has 0 saturated carbocycles. The third-order valence-electron chi connectivity index (χ3n) is 4.42. The second-order valence-electron chi connectivity index (χ2n) is 6.69. The molecule has 1 unspecified atom stereocenters. The van der Waals surface area contributed by atoms with Crippen molar-refractivity contribution in [2.45, 2.75) is 32.4 Å². The van der Waals surface area contributed by atoms with Crippen molar-refractivity contribution in [3.8, 4) is 0 Å². The van der Waals surface area contributed by atoms with Gasteiger partial charge in [0.15, 0.2) is 0 Å². The van der Waals surface area contributed by atoms with Gasteiger partial charge in [0, 0.05) is 38.6 Å². The van der Waals surface area contributed by atoms with Gasteiger partial charge in [-0.25, -0.2) is 0 Å². The largest absolute Gasteiger partial charge is 0.424 e. The van der Waals surface area contributed by atoms with Crippen LogP contribution in [-0.2, 0) is 6.54 Å². The molecule has 1 fully saturated rings. The van der Waals surface area contributed by atoms with Gasteiger partial charge in [-0.1, -0.05) is 44.2 Å². The minimum Gasteiger partial charge on any atom is -0.424 e. The molecular weight excluding hydrogens is 304 g/mol. The van der Waals surface area contributed by atoms with Crippen LogP contribution in [0.25, 0.3) is 0 Å². The van der Waals surface area contributed by atoms with E-state index in [1.807, 2.05) is 44.2 Å². The number of β-amino-alcohol motifs (C(OH)–C–C–N with tert-alkyl or cyclic N) is 1. The Bertz CT molecular complexity index is 621. The molecule has 6 nitrogen and oxygen atoms in total. The van der Waals surface area contributed by atoms with Crippen LogP contribution in [-0.4, -0.2) is 57.8 Å². The van der Waals surface area contributed by atoms with E-state index in [4.69, 9.17) is 4.42 Å². The maximum Gasteiger partial charge on any atom is 0.230 e. The first kappa shape index (κ1) is 17.1.